The number of amides is 1. The predicted octanol–water partition coefficient (Wildman–Crippen LogP) is 2.61. The first-order valence-corrected chi connectivity index (χ1v) is 8.15. The van der Waals surface area contributed by atoms with Crippen LogP contribution in [0.15, 0.2) is 60.7 Å². The lowest BCUT2D eigenvalue weighted by Gasteiger charge is -2.19. The lowest BCUT2D eigenvalue weighted by atomic mass is 10.0. The van der Waals surface area contributed by atoms with Crippen LogP contribution in [-0.4, -0.2) is 34.9 Å². The highest BCUT2D eigenvalue weighted by molar-refractivity contribution is 7.86. The molecule has 21 heavy (non-hydrogen) atoms. The van der Waals surface area contributed by atoms with Crippen LogP contribution in [0.1, 0.15) is 16.4 Å². The van der Waals surface area contributed by atoms with Gasteiger partial charge in [0.15, 0.2) is 0 Å². The Hall–Kier alpha value is -1.94. The summed E-state index contributed by atoms with van der Waals surface area (Å²) in [5.41, 5.74) is 1.93. The second-order valence-corrected chi connectivity index (χ2v) is 6.54. The predicted molar refractivity (Wildman–Crippen MR) is 86.4 cm³/mol. The van der Waals surface area contributed by atoms with E-state index in [0.717, 1.165) is 11.1 Å². The molecule has 3 nitrogen and oxygen atoms in total. The fourth-order valence-electron chi connectivity index (χ4n) is 2.09. The summed E-state index contributed by atoms with van der Waals surface area (Å²) < 4.78 is 12.7. The summed E-state index contributed by atoms with van der Waals surface area (Å²) in [4.78, 5) is 13.3. The van der Waals surface area contributed by atoms with Crippen LogP contribution in [0.5, 0.6) is 0 Å². The zero-order valence-electron chi connectivity index (χ0n) is 12.2. The number of rotatable bonds is 5. The summed E-state index contributed by atoms with van der Waals surface area (Å²) in [7, 11) is 2.06. The Morgan fingerprint density at radius 1 is 0.952 bits per heavy atom. The van der Waals surface area contributed by atoms with Crippen molar-refractivity contribution in [3.63, 3.8) is 0 Å². The minimum Gasteiger partial charge on any atom is -0.348 e. The molecule has 1 unspecified atom stereocenters. The minimum atomic E-state index is -1.30. The van der Waals surface area contributed by atoms with E-state index in [0.29, 0.717) is 0 Å². The van der Waals surface area contributed by atoms with Gasteiger partial charge in [0.05, 0.1) is 5.25 Å². The molecular weight excluding hydrogens is 282 g/mol. The highest BCUT2D eigenvalue weighted by Gasteiger charge is 2.23. The van der Waals surface area contributed by atoms with E-state index >= 15 is 0 Å². The molecule has 0 bridgehead atoms. The molecule has 110 valence electrons. The van der Waals surface area contributed by atoms with E-state index in [1.165, 1.54) is 4.90 Å². The van der Waals surface area contributed by atoms with Gasteiger partial charge in [0, 0.05) is 24.9 Å². The molecule has 0 spiro atoms. The number of carbonyl (C=O) groups is 1. The molecule has 0 aliphatic rings. The zero-order chi connectivity index (χ0) is 15.2. The van der Waals surface area contributed by atoms with Crippen LogP contribution in [0.3, 0.4) is 0 Å². The Kier molecular flexibility index (Phi) is 5.28. The molecule has 0 N–H and O–H groups in total. The number of benzene rings is 2. The molecule has 0 aliphatic carbocycles. The van der Waals surface area contributed by atoms with Crippen LogP contribution in [0.25, 0.3) is 0 Å². The molecular formula is C17H19NO2S. The average molecular weight is 301 g/mol. The molecule has 2 rings (SSSR count). The molecule has 0 heterocycles. The topological polar surface area (TPSA) is 37.4 Å². The molecule has 0 aromatic heterocycles. The van der Waals surface area contributed by atoms with Crippen molar-refractivity contribution < 1.29 is 9.00 Å². The maximum absolute atomic E-state index is 12.7. The number of nitrogens with zero attached hydrogens (tertiary/aromatic N) is 1. The lowest BCUT2D eigenvalue weighted by Crippen LogP contribution is -2.28. The van der Waals surface area contributed by atoms with E-state index in [1.54, 1.807) is 14.1 Å². The number of carbonyl (C=O) groups excluding carboxylic acids is 1. The van der Waals surface area contributed by atoms with E-state index < -0.39 is 10.8 Å². The summed E-state index contributed by atoms with van der Waals surface area (Å²) in [6.45, 7) is 0. The summed E-state index contributed by atoms with van der Waals surface area (Å²) >= 11 is 0. The average Bonchev–Trinajstić information content (AvgIpc) is 2.49. The van der Waals surface area contributed by atoms with Crippen LogP contribution in [-0.2, 0) is 15.6 Å². The maximum Gasteiger partial charge on any atom is 0.234 e. The van der Waals surface area contributed by atoms with Gasteiger partial charge in [-0.15, -0.1) is 0 Å². The highest BCUT2D eigenvalue weighted by atomic mass is 32.2. The molecule has 1 atom stereocenters. The van der Waals surface area contributed by atoms with Gasteiger partial charge in [-0.3, -0.25) is 9.00 Å². The second-order valence-electron chi connectivity index (χ2n) is 5.01. The normalized spacial score (nSPS) is 12.1. The third-order valence-electron chi connectivity index (χ3n) is 3.23. The summed E-state index contributed by atoms with van der Waals surface area (Å²) in [5.74, 6) is -0.0910. The van der Waals surface area contributed by atoms with E-state index in [1.807, 2.05) is 60.7 Å². The van der Waals surface area contributed by atoms with Gasteiger partial charge in [-0.2, -0.15) is 0 Å². The molecule has 2 aromatic carbocycles. The first kappa shape index (κ1) is 15.4. The van der Waals surface area contributed by atoms with E-state index in [9.17, 15) is 9.00 Å². The summed E-state index contributed by atoms with van der Waals surface area (Å²) in [6.07, 6.45) is 0. The van der Waals surface area contributed by atoms with Crippen molar-refractivity contribution in [1.29, 1.82) is 0 Å². The van der Waals surface area contributed by atoms with Gasteiger partial charge in [-0.1, -0.05) is 60.7 Å². The fourth-order valence-corrected chi connectivity index (χ4v) is 3.68. The smallest absolute Gasteiger partial charge is 0.234 e. The lowest BCUT2D eigenvalue weighted by molar-refractivity contribution is -0.125. The van der Waals surface area contributed by atoms with Gasteiger partial charge in [0.25, 0.3) is 0 Å². The zero-order valence-corrected chi connectivity index (χ0v) is 13.0. The van der Waals surface area contributed by atoms with Gasteiger partial charge in [0.2, 0.25) is 5.91 Å². The van der Waals surface area contributed by atoms with E-state index in [4.69, 9.17) is 0 Å². The SMILES string of the molecule is CN(C)C(=O)CS(=O)C(c1ccccc1)c1ccccc1. The molecule has 1 amide bonds. The third-order valence-corrected chi connectivity index (χ3v) is 4.83. The Bertz CT molecular complexity index is 572. The van der Waals surface area contributed by atoms with Gasteiger partial charge in [-0.05, 0) is 11.1 Å². The van der Waals surface area contributed by atoms with Gasteiger partial charge >= 0.3 is 0 Å². The van der Waals surface area contributed by atoms with Crippen molar-refractivity contribution in [2.75, 3.05) is 19.8 Å². The summed E-state index contributed by atoms with van der Waals surface area (Å²) in [5, 5.41) is -0.281. The summed E-state index contributed by atoms with van der Waals surface area (Å²) in [6, 6.07) is 19.4. The number of hydrogen-bond acceptors (Lipinski definition) is 2. The molecule has 0 saturated heterocycles. The van der Waals surface area contributed by atoms with Crippen LogP contribution in [0.2, 0.25) is 0 Å². The van der Waals surface area contributed by atoms with Gasteiger partial charge in [-0.25, -0.2) is 0 Å². The standard InChI is InChI=1S/C17H19NO2S/c1-18(2)16(19)13-21(20)17(14-9-5-3-6-10-14)15-11-7-4-8-12-15/h3-12,17H,13H2,1-2H3. The van der Waals surface area contributed by atoms with Crippen LogP contribution >= 0.6 is 0 Å². The van der Waals surface area contributed by atoms with Gasteiger partial charge in [0.1, 0.15) is 5.75 Å². The van der Waals surface area contributed by atoms with Gasteiger partial charge < -0.3 is 4.90 Å². The molecule has 2 aromatic rings. The second kappa shape index (κ2) is 7.18. The van der Waals surface area contributed by atoms with Crippen LogP contribution in [0.4, 0.5) is 0 Å². The Labute approximate surface area is 128 Å². The molecule has 0 fully saturated rings. The first-order valence-electron chi connectivity index (χ1n) is 6.77. The first-order chi connectivity index (χ1) is 10.1. The van der Waals surface area contributed by atoms with E-state index in [2.05, 4.69) is 0 Å². The minimum absolute atomic E-state index is 0.0292. The van der Waals surface area contributed by atoms with Crippen molar-refractivity contribution in [2.45, 2.75) is 5.25 Å². The Balaban J connectivity index is 2.33. The third kappa shape index (κ3) is 4.02. The molecule has 4 heteroatoms. The van der Waals surface area contributed by atoms with E-state index in [-0.39, 0.29) is 16.9 Å². The van der Waals surface area contributed by atoms with Crippen LogP contribution < -0.4 is 0 Å². The molecule has 0 aliphatic heterocycles. The largest absolute Gasteiger partial charge is 0.348 e. The van der Waals surface area contributed by atoms with Crippen molar-refractivity contribution in [3.8, 4) is 0 Å². The Morgan fingerprint density at radius 3 is 1.76 bits per heavy atom. The van der Waals surface area contributed by atoms with Crippen molar-refractivity contribution in [2.24, 2.45) is 0 Å². The molecule has 0 saturated carbocycles. The Morgan fingerprint density at radius 2 is 1.38 bits per heavy atom. The highest BCUT2D eigenvalue weighted by Crippen LogP contribution is 2.28. The quantitative estimate of drug-likeness (QED) is 0.851. The maximum atomic E-state index is 12.7. The van der Waals surface area contributed by atoms with Crippen molar-refractivity contribution in [3.05, 3.63) is 71.8 Å². The number of hydrogen-bond donors (Lipinski definition) is 0. The van der Waals surface area contributed by atoms with Crippen molar-refractivity contribution in [1.82, 2.24) is 4.90 Å². The monoisotopic (exact) mass is 301 g/mol. The molecule has 0 radical (unpaired) electrons. The fraction of sp³-hybridized carbons (Fsp3) is 0.235. The van der Waals surface area contributed by atoms with Crippen LogP contribution in [0, 0.1) is 0 Å². The van der Waals surface area contributed by atoms with Crippen molar-refractivity contribution >= 4 is 16.7 Å².